The molecule has 12 nitrogen and oxygen atoms in total. The number of aromatic nitrogens is 3. The molecule has 4 heterocycles. The second-order valence-electron chi connectivity index (χ2n) is 12.4. The lowest BCUT2D eigenvalue weighted by Gasteiger charge is -2.30. The van der Waals surface area contributed by atoms with Crippen LogP contribution in [0.25, 0.3) is 11.1 Å². The number of likely N-dealkylation sites (N-methyl/N-ethyl adjacent to an activating group) is 1. The molecular formula is C32H43N7O5. The van der Waals surface area contributed by atoms with Crippen molar-refractivity contribution in [3.63, 3.8) is 0 Å². The molecule has 12 heteroatoms. The number of hydrogen-bond donors (Lipinski definition) is 3. The third kappa shape index (κ3) is 8.13. The summed E-state index contributed by atoms with van der Waals surface area (Å²) in [6.07, 6.45) is 6.91. The van der Waals surface area contributed by atoms with Gasteiger partial charge in [0.15, 0.2) is 0 Å². The molecule has 0 spiro atoms. The fourth-order valence-corrected chi connectivity index (χ4v) is 5.16. The van der Waals surface area contributed by atoms with Crippen molar-refractivity contribution >= 4 is 17.8 Å². The first-order valence-electron chi connectivity index (χ1n) is 15.1. The van der Waals surface area contributed by atoms with E-state index in [4.69, 9.17) is 14.2 Å². The third-order valence-corrected chi connectivity index (χ3v) is 7.42. The van der Waals surface area contributed by atoms with Crippen LogP contribution in [0.3, 0.4) is 0 Å². The van der Waals surface area contributed by atoms with Crippen LogP contribution in [-0.2, 0) is 22.4 Å². The minimum absolute atomic E-state index is 0.0838. The molecule has 2 atom stereocenters. The van der Waals surface area contributed by atoms with Crippen molar-refractivity contribution in [2.75, 3.05) is 45.7 Å². The van der Waals surface area contributed by atoms with Gasteiger partial charge in [0.25, 0.3) is 5.91 Å². The second kappa shape index (κ2) is 13.7. The van der Waals surface area contributed by atoms with Crippen LogP contribution in [0, 0.1) is 0 Å². The van der Waals surface area contributed by atoms with Gasteiger partial charge in [0.1, 0.15) is 17.2 Å². The highest BCUT2D eigenvalue weighted by atomic mass is 16.6. The van der Waals surface area contributed by atoms with Crippen molar-refractivity contribution in [1.29, 1.82) is 0 Å². The van der Waals surface area contributed by atoms with Crippen LogP contribution in [0.2, 0.25) is 0 Å². The van der Waals surface area contributed by atoms with Crippen molar-refractivity contribution in [2.24, 2.45) is 0 Å². The number of carbonyl (C=O) groups is 2. The summed E-state index contributed by atoms with van der Waals surface area (Å²) in [6.45, 7) is 8.77. The minimum atomic E-state index is -0.621. The Labute approximate surface area is 258 Å². The summed E-state index contributed by atoms with van der Waals surface area (Å²) in [5, 5.41) is 14.1. The number of carbonyl (C=O) groups excluding carboxylic acids is 2. The molecule has 1 saturated heterocycles. The number of fused-ring (bicyclic) bond motifs is 1. The maximum Gasteiger partial charge on any atom is 0.435 e. The van der Waals surface area contributed by atoms with Gasteiger partial charge in [-0.25, -0.2) is 9.78 Å². The lowest BCUT2D eigenvalue weighted by atomic mass is 10.1. The molecule has 44 heavy (non-hydrogen) atoms. The Balaban J connectivity index is 1.17. The number of benzene rings is 1. The van der Waals surface area contributed by atoms with E-state index in [1.54, 1.807) is 18.6 Å². The SMILES string of the molecule is CN(C)CCOC1CCC(NC(=O)c2cccc(CNc3ncc(-c4cnn(C(=O)OC(C)(C)C)c4)c4c3CCO4)c2)NC1. The Morgan fingerprint density at radius 2 is 2.05 bits per heavy atom. The van der Waals surface area contributed by atoms with E-state index in [-0.39, 0.29) is 18.2 Å². The number of amides is 1. The molecule has 2 aliphatic heterocycles. The first-order chi connectivity index (χ1) is 21.1. The highest BCUT2D eigenvalue weighted by Crippen LogP contribution is 2.39. The van der Waals surface area contributed by atoms with E-state index in [0.29, 0.717) is 43.9 Å². The van der Waals surface area contributed by atoms with Crippen LogP contribution in [0.1, 0.15) is 55.1 Å². The molecule has 5 rings (SSSR count). The zero-order valence-electron chi connectivity index (χ0n) is 26.2. The monoisotopic (exact) mass is 605 g/mol. The first kappa shape index (κ1) is 31.4. The number of nitrogens with zero attached hydrogens (tertiary/aromatic N) is 4. The Kier molecular flexibility index (Phi) is 9.82. The Bertz CT molecular complexity index is 1460. The zero-order valence-corrected chi connectivity index (χ0v) is 26.2. The summed E-state index contributed by atoms with van der Waals surface area (Å²) in [5.41, 5.74) is 3.39. The lowest BCUT2D eigenvalue weighted by Crippen LogP contribution is -2.52. The highest BCUT2D eigenvalue weighted by Gasteiger charge is 2.25. The van der Waals surface area contributed by atoms with Crippen LogP contribution in [0.5, 0.6) is 5.75 Å². The van der Waals surface area contributed by atoms with E-state index >= 15 is 0 Å². The average Bonchev–Trinajstić information content (AvgIpc) is 3.67. The van der Waals surface area contributed by atoms with Gasteiger partial charge in [-0.05, 0) is 65.4 Å². The maximum absolute atomic E-state index is 13.0. The smallest absolute Gasteiger partial charge is 0.435 e. The van der Waals surface area contributed by atoms with E-state index in [0.717, 1.165) is 47.6 Å². The van der Waals surface area contributed by atoms with Gasteiger partial charge in [-0.15, -0.1) is 0 Å². The highest BCUT2D eigenvalue weighted by molar-refractivity contribution is 5.94. The molecule has 1 fully saturated rings. The number of nitrogens with one attached hydrogen (secondary N) is 3. The molecule has 1 amide bonds. The van der Waals surface area contributed by atoms with Gasteiger partial charge in [0, 0.05) is 60.7 Å². The van der Waals surface area contributed by atoms with E-state index in [2.05, 4.69) is 30.9 Å². The Morgan fingerprint density at radius 1 is 1.20 bits per heavy atom. The third-order valence-electron chi connectivity index (χ3n) is 7.42. The molecule has 3 aromatic rings. The van der Waals surface area contributed by atoms with Gasteiger partial charge in [-0.3, -0.25) is 10.1 Å². The van der Waals surface area contributed by atoms with E-state index in [9.17, 15) is 9.59 Å². The molecule has 236 valence electrons. The van der Waals surface area contributed by atoms with Crippen molar-refractivity contribution in [3.05, 3.63) is 59.5 Å². The molecule has 0 saturated carbocycles. The quantitative estimate of drug-likeness (QED) is 0.315. The molecule has 0 radical (unpaired) electrons. The van der Waals surface area contributed by atoms with E-state index < -0.39 is 11.7 Å². The molecule has 2 unspecified atom stereocenters. The molecule has 3 N–H and O–H groups in total. The van der Waals surface area contributed by atoms with E-state index in [1.807, 2.05) is 59.1 Å². The first-order valence-corrected chi connectivity index (χ1v) is 15.1. The van der Waals surface area contributed by atoms with Crippen molar-refractivity contribution in [2.45, 2.75) is 64.4 Å². The van der Waals surface area contributed by atoms with Crippen molar-refractivity contribution in [3.8, 4) is 16.9 Å². The van der Waals surface area contributed by atoms with Crippen LogP contribution in [0.15, 0.2) is 42.9 Å². The van der Waals surface area contributed by atoms with Crippen LogP contribution < -0.4 is 20.7 Å². The minimum Gasteiger partial charge on any atom is -0.492 e. The summed E-state index contributed by atoms with van der Waals surface area (Å²) in [4.78, 5) is 32.2. The van der Waals surface area contributed by atoms with Gasteiger partial charge in [0.05, 0.1) is 31.7 Å². The average molecular weight is 606 g/mol. The lowest BCUT2D eigenvalue weighted by molar-refractivity contribution is 0.0199. The second-order valence-corrected chi connectivity index (χ2v) is 12.4. The largest absolute Gasteiger partial charge is 0.492 e. The maximum atomic E-state index is 13.0. The predicted molar refractivity (Wildman–Crippen MR) is 167 cm³/mol. The fourth-order valence-electron chi connectivity index (χ4n) is 5.16. The standard InChI is InChI=1S/C32H43N7O5/c1-32(2,3)44-31(41)39-20-23(17-36-39)26-19-35-29(25-11-13-43-28(25)26)34-16-21-7-6-8-22(15-21)30(40)37-27-10-9-24(18-33-27)42-14-12-38(4)5/h6-8,15,17,19-20,24,27,33H,9-14,16,18H2,1-5H3,(H,34,35)(H,37,40). The Morgan fingerprint density at radius 3 is 2.80 bits per heavy atom. The Hall–Kier alpha value is -4.00. The molecule has 2 aliphatic rings. The number of anilines is 1. The molecule has 0 aliphatic carbocycles. The summed E-state index contributed by atoms with van der Waals surface area (Å²) in [5.74, 6) is 1.34. The van der Waals surface area contributed by atoms with E-state index in [1.165, 1.54) is 4.68 Å². The molecular weight excluding hydrogens is 562 g/mol. The normalized spacial score (nSPS) is 18.0. The molecule has 2 aromatic heterocycles. The topological polar surface area (TPSA) is 132 Å². The number of pyridine rings is 1. The summed E-state index contributed by atoms with van der Waals surface area (Å²) in [6, 6.07) is 7.59. The van der Waals surface area contributed by atoms with Gasteiger partial charge in [0.2, 0.25) is 0 Å². The summed E-state index contributed by atoms with van der Waals surface area (Å²) in [7, 11) is 4.06. The number of piperidine rings is 1. The van der Waals surface area contributed by atoms with Gasteiger partial charge >= 0.3 is 6.09 Å². The van der Waals surface area contributed by atoms with Crippen molar-refractivity contribution in [1.82, 2.24) is 30.3 Å². The van der Waals surface area contributed by atoms with Gasteiger partial charge in [-0.1, -0.05) is 12.1 Å². The van der Waals surface area contributed by atoms with Crippen molar-refractivity contribution < 1.29 is 23.8 Å². The number of rotatable bonds is 10. The summed E-state index contributed by atoms with van der Waals surface area (Å²) >= 11 is 0. The van der Waals surface area contributed by atoms with Crippen LogP contribution >= 0.6 is 0 Å². The summed E-state index contributed by atoms with van der Waals surface area (Å²) < 4.78 is 18.5. The van der Waals surface area contributed by atoms with Gasteiger partial charge in [-0.2, -0.15) is 9.78 Å². The number of hydrogen-bond acceptors (Lipinski definition) is 10. The van der Waals surface area contributed by atoms with Gasteiger partial charge < -0.3 is 29.7 Å². The zero-order chi connectivity index (χ0) is 31.3. The molecule has 1 aromatic carbocycles. The van der Waals surface area contributed by atoms with Crippen LogP contribution in [-0.4, -0.2) is 89.9 Å². The number of ether oxygens (including phenoxy) is 3. The molecule has 0 bridgehead atoms. The fraction of sp³-hybridized carbons (Fsp3) is 0.500. The van der Waals surface area contributed by atoms with Crippen LogP contribution in [0.4, 0.5) is 10.6 Å². The predicted octanol–water partition coefficient (Wildman–Crippen LogP) is 3.66.